The van der Waals surface area contributed by atoms with E-state index < -0.39 is 0 Å². The Hall–Kier alpha value is -0.390. The number of hydrogen-bond donors (Lipinski definition) is 2. The third kappa shape index (κ3) is 3.56. The van der Waals surface area contributed by atoms with E-state index in [0.29, 0.717) is 12.5 Å². The van der Waals surface area contributed by atoms with Gasteiger partial charge < -0.3 is 11.1 Å². The Kier molecular flexibility index (Phi) is 5.21. The van der Waals surface area contributed by atoms with Crippen LogP contribution in [0, 0.1) is 5.92 Å². The number of rotatable bonds is 4. The minimum Gasteiger partial charge on any atom is -0.347 e. The summed E-state index contributed by atoms with van der Waals surface area (Å²) in [6.45, 7) is 0.531. The van der Waals surface area contributed by atoms with E-state index in [9.17, 15) is 4.79 Å². The topological polar surface area (TPSA) is 55.1 Å². The van der Waals surface area contributed by atoms with Crippen LogP contribution in [-0.2, 0) is 0 Å². The number of thiophene rings is 1. The molecule has 1 heterocycles. The van der Waals surface area contributed by atoms with Crippen molar-refractivity contribution >= 4 is 33.2 Å². The molecule has 0 bridgehead atoms. The highest BCUT2D eigenvalue weighted by molar-refractivity contribution is 9.11. The maximum atomic E-state index is 12.1. The van der Waals surface area contributed by atoms with Gasteiger partial charge in [-0.1, -0.05) is 19.3 Å². The van der Waals surface area contributed by atoms with E-state index in [1.807, 2.05) is 12.1 Å². The minimum absolute atomic E-state index is 0.00623. The number of nitrogens with two attached hydrogens (primary N) is 1. The second kappa shape index (κ2) is 6.68. The largest absolute Gasteiger partial charge is 0.347 e. The lowest BCUT2D eigenvalue weighted by Gasteiger charge is -2.29. The Morgan fingerprint density at radius 1 is 1.44 bits per heavy atom. The van der Waals surface area contributed by atoms with E-state index in [4.69, 9.17) is 5.73 Å². The SMILES string of the molecule is NCC(NC(=O)c1ccc(Br)s1)C1CCCCC1. The molecule has 3 nitrogen and oxygen atoms in total. The molecule has 0 spiro atoms. The number of halogens is 1. The Morgan fingerprint density at radius 3 is 2.72 bits per heavy atom. The molecule has 5 heteroatoms. The van der Waals surface area contributed by atoms with Crippen molar-refractivity contribution in [2.75, 3.05) is 6.54 Å². The minimum atomic E-state index is 0.00623. The Bertz CT molecular complexity index is 401. The van der Waals surface area contributed by atoms with Gasteiger partial charge in [-0.25, -0.2) is 0 Å². The molecule has 1 saturated carbocycles. The number of carbonyl (C=O) groups excluding carboxylic acids is 1. The van der Waals surface area contributed by atoms with Gasteiger partial charge in [0.2, 0.25) is 0 Å². The maximum absolute atomic E-state index is 12.1. The smallest absolute Gasteiger partial charge is 0.261 e. The summed E-state index contributed by atoms with van der Waals surface area (Å²) in [6.07, 6.45) is 6.23. The summed E-state index contributed by atoms with van der Waals surface area (Å²) in [6, 6.07) is 3.87. The first-order valence-electron chi connectivity index (χ1n) is 6.47. The van der Waals surface area contributed by atoms with E-state index in [1.165, 1.54) is 43.4 Å². The maximum Gasteiger partial charge on any atom is 0.261 e. The van der Waals surface area contributed by atoms with Crippen LogP contribution in [0.4, 0.5) is 0 Å². The fourth-order valence-corrected chi connectivity index (χ4v) is 3.87. The molecule has 1 aliphatic rings. The van der Waals surface area contributed by atoms with Crippen LogP contribution >= 0.6 is 27.3 Å². The van der Waals surface area contributed by atoms with Crippen LogP contribution in [0.15, 0.2) is 15.9 Å². The van der Waals surface area contributed by atoms with Gasteiger partial charge in [0.05, 0.1) is 8.66 Å². The summed E-state index contributed by atoms with van der Waals surface area (Å²) in [4.78, 5) is 12.8. The van der Waals surface area contributed by atoms with Gasteiger partial charge in [0.15, 0.2) is 0 Å². The molecule has 1 aromatic heterocycles. The molecule has 0 aromatic carbocycles. The highest BCUT2D eigenvalue weighted by Crippen LogP contribution is 2.27. The molecular formula is C13H19BrN2OS. The third-order valence-corrected chi connectivity index (χ3v) is 5.21. The lowest BCUT2D eigenvalue weighted by molar-refractivity contribution is 0.0919. The Morgan fingerprint density at radius 2 is 2.17 bits per heavy atom. The van der Waals surface area contributed by atoms with Gasteiger partial charge in [0.1, 0.15) is 0 Å². The predicted octanol–water partition coefficient (Wildman–Crippen LogP) is 3.15. The Labute approximate surface area is 120 Å². The number of carbonyl (C=O) groups is 1. The predicted molar refractivity (Wildman–Crippen MR) is 78.9 cm³/mol. The van der Waals surface area contributed by atoms with Crippen molar-refractivity contribution in [2.24, 2.45) is 11.7 Å². The fourth-order valence-electron chi connectivity index (χ4n) is 2.58. The van der Waals surface area contributed by atoms with Crippen molar-refractivity contribution in [1.29, 1.82) is 0 Å². The quantitative estimate of drug-likeness (QED) is 0.890. The van der Waals surface area contributed by atoms with Crippen molar-refractivity contribution in [3.8, 4) is 0 Å². The van der Waals surface area contributed by atoms with Crippen LogP contribution in [0.3, 0.4) is 0 Å². The van der Waals surface area contributed by atoms with Crippen LogP contribution in [0.5, 0.6) is 0 Å². The van der Waals surface area contributed by atoms with E-state index in [0.717, 1.165) is 8.66 Å². The first kappa shape index (κ1) is 14.0. The van der Waals surface area contributed by atoms with Crippen molar-refractivity contribution < 1.29 is 4.79 Å². The van der Waals surface area contributed by atoms with E-state index in [1.54, 1.807) is 0 Å². The van der Waals surface area contributed by atoms with Gasteiger partial charge in [-0.3, -0.25) is 4.79 Å². The third-order valence-electron chi connectivity index (χ3n) is 3.59. The zero-order chi connectivity index (χ0) is 13.0. The lowest BCUT2D eigenvalue weighted by Crippen LogP contribution is -2.45. The lowest BCUT2D eigenvalue weighted by atomic mass is 9.84. The van der Waals surface area contributed by atoms with Crippen LogP contribution in [-0.4, -0.2) is 18.5 Å². The molecular weight excluding hydrogens is 312 g/mol. The second-order valence-electron chi connectivity index (χ2n) is 4.82. The van der Waals surface area contributed by atoms with Crippen LogP contribution in [0.25, 0.3) is 0 Å². The first-order chi connectivity index (χ1) is 8.70. The average molecular weight is 331 g/mol. The van der Waals surface area contributed by atoms with Gasteiger partial charge in [-0.2, -0.15) is 0 Å². The number of hydrogen-bond acceptors (Lipinski definition) is 3. The summed E-state index contributed by atoms with van der Waals surface area (Å²) >= 11 is 4.83. The van der Waals surface area contributed by atoms with Crippen molar-refractivity contribution in [3.05, 3.63) is 20.8 Å². The highest BCUT2D eigenvalue weighted by atomic mass is 79.9. The molecule has 1 aromatic rings. The van der Waals surface area contributed by atoms with Crippen LogP contribution in [0.1, 0.15) is 41.8 Å². The van der Waals surface area contributed by atoms with Gasteiger partial charge in [-0.15, -0.1) is 11.3 Å². The number of amides is 1. The molecule has 0 saturated heterocycles. The van der Waals surface area contributed by atoms with Crippen molar-refractivity contribution in [1.82, 2.24) is 5.32 Å². The fraction of sp³-hybridized carbons (Fsp3) is 0.615. The standard InChI is InChI=1S/C13H19BrN2OS/c14-12-7-6-11(18-12)13(17)16-10(8-15)9-4-2-1-3-5-9/h6-7,9-10H,1-5,8,15H2,(H,16,17). The van der Waals surface area contributed by atoms with Crippen molar-refractivity contribution in [2.45, 2.75) is 38.1 Å². The first-order valence-corrected chi connectivity index (χ1v) is 8.08. The van der Waals surface area contributed by atoms with E-state index >= 15 is 0 Å². The summed E-state index contributed by atoms with van der Waals surface area (Å²) in [5.74, 6) is 0.558. The zero-order valence-electron chi connectivity index (χ0n) is 10.3. The molecule has 100 valence electrons. The molecule has 1 atom stereocenters. The molecule has 3 N–H and O–H groups in total. The molecule has 0 radical (unpaired) electrons. The van der Waals surface area contributed by atoms with E-state index in [-0.39, 0.29) is 11.9 Å². The monoisotopic (exact) mass is 330 g/mol. The zero-order valence-corrected chi connectivity index (χ0v) is 12.7. The normalized spacial score (nSPS) is 18.6. The molecule has 1 fully saturated rings. The summed E-state index contributed by atoms with van der Waals surface area (Å²) in [5, 5.41) is 3.09. The second-order valence-corrected chi connectivity index (χ2v) is 7.28. The summed E-state index contributed by atoms with van der Waals surface area (Å²) in [5.41, 5.74) is 5.81. The average Bonchev–Trinajstić information content (AvgIpc) is 2.83. The highest BCUT2D eigenvalue weighted by Gasteiger charge is 2.24. The van der Waals surface area contributed by atoms with Crippen molar-refractivity contribution in [3.63, 3.8) is 0 Å². The van der Waals surface area contributed by atoms with Crippen LogP contribution in [0.2, 0.25) is 0 Å². The molecule has 1 amide bonds. The molecule has 2 rings (SSSR count). The van der Waals surface area contributed by atoms with Crippen LogP contribution < -0.4 is 11.1 Å². The molecule has 18 heavy (non-hydrogen) atoms. The summed E-state index contributed by atoms with van der Waals surface area (Å²) < 4.78 is 0.981. The Balaban J connectivity index is 1.95. The van der Waals surface area contributed by atoms with Gasteiger partial charge in [-0.05, 0) is 46.8 Å². The molecule has 1 aliphatic carbocycles. The van der Waals surface area contributed by atoms with Gasteiger partial charge in [0, 0.05) is 12.6 Å². The van der Waals surface area contributed by atoms with E-state index in [2.05, 4.69) is 21.2 Å². The molecule has 1 unspecified atom stereocenters. The number of nitrogens with one attached hydrogen (secondary N) is 1. The molecule has 0 aliphatic heterocycles. The van der Waals surface area contributed by atoms with Gasteiger partial charge in [0.25, 0.3) is 5.91 Å². The van der Waals surface area contributed by atoms with Gasteiger partial charge >= 0.3 is 0 Å². The summed E-state index contributed by atoms with van der Waals surface area (Å²) in [7, 11) is 0.